The van der Waals surface area contributed by atoms with Crippen LogP contribution in [0.15, 0.2) is 78.5 Å². The lowest BCUT2D eigenvalue weighted by atomic mass is 10.0. The van der Waals surface area contributed by atoms with Gasteiger partial charge in [-0.3, -0.25) is 9.59 Å². The molecule has 162 valence electrons. The molecule has 0 fully saturated rings. The van der Waals surface area contributed by atoms with Crippen molar-refractivity contribution in [3.8, 4) is 5.75 Å². The van der Waals surface area contributed by atoms with E-state index in [1.54, 1.807) is 12.1 Å². The summed E-state index contributed by atoms with van der Waals surface area (Å²) in [5.74, 6) is -0.0167. The number of benzene rings is 3. The van der Waals surface area contributed by atoms with Gasteiger partial charge in [-0.15, -0.1) is 0 Å². The smallest absolute Gasteiger partial charge is 0.282 e. The highest BCUT2D eigenvalue weighted by atomic mass is 16.5. The Balaban J connectivity index is 1.79. The van der Waals surface area contributed by atoms with Crippen LogP contribution in [-0.4, -0.2) is 17.9 Å². The van der Waals surface area contributed by atoms with Crippen molar-refractivity contribution in [1.29, 1.82) is 0 Å². The van der Waals surface area contributed by atoms with E-state index in [4.69, 9.17) is 4.74 Å². The second kappa shape index (κ2) is 8.71. The molecule has 32 heavy (non-hydrogen) atoms. The quantitative estimate of drug-likeness (QED) is 0.530. The van der Waals surface area contributed by atoms with Gasteiger partial charge in [0.25, 0.3) is 11.8 Å². The minimum Gasteiger partial charge on any atom is -0.491 e. The average molecular weight is 427 g/mol. The Kier molecular flexibility index (Phi) is 5.82. The molecule has 1 aliphatic rings. The molecule has 0 saturated heterocycles. The molecule has 3 aromatic rings. The maximum Gasteiger partial charge on any atom is 0.282 e. The number of imide groups is 1. The number of aryl methyl sites for hydroxylation is 2. The molecular formula is C27H26N2O3. The summed E-state index contributed by atoms with van der Waals surface area (Å²) in [5, 5.41) is 3.23. The molecule has 0 aromatic heterocycles. The first-order chi connectivity index (χ1) is 15.3. The van der Waals surface area contributed by atoms with Gasteiger partial charge in [0.2, 0.25) is 0 Å². The van der Waals surface area contributed by atoms with Gasteiger partial charge in [0.05, 0.1) is 17.4 Å². The molecule has 5 heteroatoms. The molecule has 3 aromatic carbocycles. The Bertz CT molecular complexity index is 1190. The lowest BCUT2D eigenvalue weighted by molar-refractivity contribution is -0.120. The van der Waals surface area contributed by atoms with Crippen LogP contribution in [0.3, 0.4) is 0 Å². The Hall–Kier alpha value is -3.86. The van der Waals surface area contributed by atoms with Gasteiger partial charge in [0, 0.05) is 5.69 Å². The van der Waals surface area contributed by atoms with Gasteiger partial charge in [0.1, 0.15) is 11.4 Å². The van der Waals surface area contributed by atoms with Crippen molar-refractivity contribution in [2.24, 2.45) is 0 Å². The van der Waals surface area contributed by atoms with Crippen molar-refractivity contribution in [1.82, 2.24) is 0 Å². The Morgan fingerprint density at radius 3 is 2.09 bits per heavy atom. The summed E-state index contributed by atoms with van der Waals surface area (Å²) in [4.78, 5) is 28.2. The van der Waals surface area contributed by atoms with Crippen LogP contribution in [-0.2, 0) is 9.59 Å². The number of para-hydroxylation sites is 1. The predicted molar refractivity (Wildman–Crippen MR) is 128 cm³/mol. The molecule has 0 radical (unpaired) electrons. The number of amides is 2. The summed E-state index contributed by atoms with van der Waals surface area (Å²) in [5.41, 5.74) is 4.63. The topological polar surface area (TPSA) is 58.6 Å². The molecule has 1 heterocycles. The number of nitrogens with zero attached hydrogens (tertiary/aromatic N) is 1. The first-order valence-corrected chi connectivity index (χ1v) is 10.6. The number of rotatable bonds is 6. The molecule has 0 saturated carbocycles. The van der Waals surface area contributed by atoms with E-state index in [9.17, 15) is 9.59 Å². The lowest BCUT2D eigenvalue weighted by Gasteiger charge is -2.16. The molecule has 0 unspecified atom stereocenters. The van der Waals surface area contributed by atoms with Gasteiger partial charge in [0.15, 0.2) is 0 Å². The number of hydrogen-bond acceptors (Lipinski definition) is 4. The third-order valence-electron chi connectivity index (χ3n) is 5.30. The molecule has 5 nitrogen and oxygen atoms in total. The van der Waals surface area contributed by atoms with Gasteiger partial charge >= 0.3 is 0 Å². The molecule has 2 amide bonds. The highest BCUT2D eigenvalue weighted by Gasteiger charge is 2.40. The maximum atomic E-state index is 13.5. The average Bonchev–Trinajstić information content (AvgIpc) is 3.00. The highest BCUT2D eigenvalue weighted by Crippen LogP contribution is 2.35. The number of anilines is 2. The second-order valence-corrected chi connectivity index (χ2v) is 8.16. The summed E-state index contributed by atoms with van der Waals surface area (Å²) in [6.07, 6.45) is 0.0464. The highest BCUT2D eigenvalue weighted by molar-refractivity contribution is 6.46. The number of carbonyl (C=O) groups excluding carboxylic acids is 2. The fourth-order valence-corrected chi connectivity index (χ4v) is 3.66. The molecule has 0 atom stereocenters. The molecule has 0 spiro atoms. The third-order valence-corrected chi connectivity index (χ3v) is 5.30. The number of ether oxygens (including phenoxy) is 1. The zero-order valence-electron chi connectivity index (χ0n) is 18.7. The van der Waals surface area contributed by atoms with E-state index in [2.05, 4.69) is 5.32 Å². The summed E-state index contributed by atoms with van der Waals surface area (Å²) in [6.45, 7) is 7.84. The van der Waals surface area contributed by atoms with Crippen LogP contribution in [0.1, 0.15) is 30.5 Å². The molecule has 1 N–H and O–H groups in total. The van der Waals surface area contributed by atoms with Gasteiger partial charge in [-0.2, -0.15) is 0 Å². The SMILES string of the molecule is Cc1ccc(N2C(=O)C(Nc3ccccc3C)=C(c3ccc(OC(C)C)cc3)C2=O)cc1. The predicted octanol–water partition coefficient (Wildman–Crippen LogP) is 5.49. The van der Waals surface area contributed by atoms with Crippen molar-refractivity contribution in [3.63, 3.8) is 0 Å². The third kappa shape index (κ3) is 4.14. The Labute approximate surface area is 188 Å². The van der Waals surface area contributed by atoms with E-state index in [1.165, 1.54) is 4.90 Å². The maximum absolute atomic E-state index is 13.5. The normalized spacial score (nSPS) is 13.8. The van der Waals surface area contributed by atoms with E-state index >= 15 is 0 Å². The van der Waals surface area contributed by atoms with Crippen LogP contribution in [0, 0.1) is 13.8 Å². The number of carbonyl (C=O) groups is 2. The molecule has 1 aliphatic heterocycles. The van der Waals surface area contributed by atoms with Gasteiger partial charge in [-0.05, 0) is 69.2 Å². The van der Waals surface area contributed by atoms with Crippen LogP contribution < -0.4 is 15.0 Å². The fraction of sp³-hybridized carbons (Fsp3) is 0.185. The first kappa shape index (κ1) is 21.4. The van der Waals surface area contributed by atoms with Crippen LogP contribution in [0.5, 0.6) is 5.75 Å². The van der Waals surface area contributed by atoms with Crippen molar-refractivity contribution in [2.75, 3.05) is 10.2 Å². The van der Waals surface area contributed by atoms with Gasteiger partial charge in [-0.1, -0.05) is 48.0 Å². The summed E-state index contributed by atoms with van der Waals surface area (Å²) in [6, 6.07) is 22.3. The largest absolute Gasteiger partial charge is 0.491 e. The molecule has 0 aliphatic carbocycles. The van der Waals surface area contributed by atoms with E-state index in [0.717, 1.165) is 16.8 Å². The van der Waals surface area contributed by atoms with Crippen molar-refractivity contribution < 1.29 is 14.3 Å². The van der Waals surface area contributed by atoms with E-state index in [0.29, 0.717) is 22.6 Å². The summed E-state index contributed by atoms with van der Waals surface area (Å²) < 4.78 is 5.73. The minimum absolute atomic E-state index is 0.0464. The van der Waals surface area contributed by atoms with Crippen LogP contribution in [0.25, 0.3) is 5.57 Å². The van der Waals surface area contributed by atoms with Crippen molar-refractivity contribution >= 4 is 28.8 Å². The van der Waals surface area contributed by atoms with Gasteiger partial charge in [-0.25, -0.2) is 4.90 Å². The minimum atomic E-state index is -0.375. The lowest BCUT2D eigenvalue weighted by Crippen LogP contribution is -2.32. The van der Waals surface area contributed by atoms with E-state index in [-0.39, 0.29) is 23.6 Å². The fourth-order valence-electron chi connectivity index (χ4n) is 3.66. The van der Waals surface area contributed by atoms with Crippen molar-refractivity contribution in [2.45, 2.75) is 33.8 Å². The van der Waals surface area contributed by atoms with Crippen LogP contribution in [0.4, 0.5) is 11.4 Å². The van der Waals surface area contributed by atoms with Gasteiger partial charge < -0.3 is 10.1 Å². The molecule has 0 bridgehead atoms. The monoisotopic (exact) mass is 426 g/mol. The standard InChI is InChI=1S/C27H26N2O3/c1-17(2)32-22-15-11-20(12-16-22)24-25(28-23-8-6-5-7-19(23)4)27(31)29(26(24)30)21-13-9-18(3)10-14-21/h5-17,28H,1-4H3. The van der Waals surface area contributed by atoms with Crippen LogP contribution >= 0.6 is 0 Å². The summed E-state index contributed by atoms with van der Waals surface area (Å²) in [7, 11) is 0. The van der Waals surface area contributed by atoms with Crippen molar-refractivity contribution in [3.05, 3.63) is 95.2 Å². The summed E-state index contributed by atoms with van der Waals surface area (Å²) >= 11 is 0. The van der Waals surface area contributed by atoms with E-state index < -0.39 is 0 Å². The molecule has 4 rings (SSSR count). The Morgan fingerprint density at radius 1 is 0.812 bits per heavy atom. The number of nitrogens with one attached hydrogen (secondary N) is 1. The Morgan fingerprint density at radius 2 is 1.47 bits per heavy atom. The zero-order chi connectivity index (χ0) is 22.8. The zero-order valence-corrected chi connectivity index (χ0v) is 18.7. The van der Waals surface area contributed by atoms with Crippen LogP contribution in [0.2, 0.25) is 0 Å². The van der Waals surface area contributed by atoms with E-state index in [1.807, 2.05) is 88.4 Å². The molecular weight excluding hydrogens is 400 g/mol. The first-order valence-electron chi connectivity index (χ1n) is 10.6. The number of hydrogen-bond donors (Lipinski definition) is 1. The second-order valence-electron chi connectivity index (χ2n) is 8.16.